The molecule has 0 N–H and O–H groups in total. The summed E-state index contributed by atoms with van der Waals surface area (Å²) >= 11 is 0. The molecule has 33 heavy (non-hydrogen) atoms. The van der Waals surface area contributed by atoms with Gasteiger partial charge in [0.25, 0.3) is 11.6 Å². The number of hydrogen-bond donors (Lipinski definition) is 0. The highest BCUT2D eigenvalue weighted by atomic mass is 19.3. The van der Waals surface area contributed by atoms with Crippen molar-refractivity contribution in [3.05, 3.63) is 63.7 Å². The van der Waals surface area contributed by atoms with Crippen LogP contribution in [0, 0.1) is 10.1 Å². The quantitative estimate of drug-likeness (QED) is 0.310. The molecule has 0 heterocycles. The first kappa shape index (κ1) is 25.5. The lowest BCUT2D eigenvalue weighted by molar-refractivity contribution is -0.385. The van der Waals surface area contributed by atoms with Gasteiger partial charge in [0.15, 0.2) is 18.1 Å². The minimum atomic E-state index is -3.26. The Labute approximate surface area is 189 Å². The summed E-state index contributed by atoms with van der Waals surface area (Å²) in [5, 5.41) is 11.4. The second kappa shape index (κ2) is 10.7. The molecule has 2 aromatic carbocycles. The number of amides is 1. The van der Waals surface area contributed by atoms with Crippen LogP contribution in [0.2, 0.25) is 0 Å². The van der Waals surface area contributed by atoms with Crippen LogP contribution in [0.15, 0.2) is 42.5 Å². The molecule has 0 saturated heterocycles. The summed E-state index contributed by atoms with van der Waals surface area (Å²) in [7, 11) is 1.11. The molecule has 9 nitrogen and oxygen atoms in total. The maximum Gasteiger partial charge on any atom is 0.387 e. The van der Waals surface area contributed by atoms with Crippen LogP contribution in [-0.4, -0.2) is 47.6 Å². The van der Waals surface area contributed by atoms with E-state index in [0.717, 1.165) is 18.7 Å². The lowest BCUT2D eigenvalue weighted by Gasteiger charge is -2.35. The number of halogens is 2. The summed E-state index contributed by atoms with van der Waals surface area (Å²) in [4.78, 5) is 37.3. The Kier molecular flexibility index (Phi) is 8.27. The Morgan fingerprint density at radius 1 is 1.12 bits per heavy atom. The fourth-order valence-corrected chi connectivity index (χ4v) is 2.96. The van der Waals surface area contributed by atoms with Crippen LogP contribution in [0.5, 0.6) is 11.5 Å². The van der Waals surface area contributed by atoms with Crippen molar-refractivity contribution in [1.29, 1.82) is 0 Å². The van der Waals surface area contributed by atoms with E-state index >= 15 is 0 Å². The summed E-state index contributed by atoms with van der Waals surface area (Å²) < 4.78 is 39.3. The number of carbonyl (C=O) groups is 2. The van der Waals surface area contributed by atoms with Crippen molar-refractivity contribution in [3.8, 4) is 11.5 Å². The first-order chi connectivity index (χ1) is 15.4. The number of benzene rings is 2. The molecule has 0 unspecified atom stereocenters. The maximum atomic E-state index is 12.8. The number of hydrogen-bond acceptors (Lipinski definition) is 7. The van der Waals surface area contributed by atoms with Crippen molar-refractivity contribution < 1.29 is 37.5 Å². The van der Waals surface area contributed by atoms with Crippen molar-refractivity contribution in [2.24, 2.45) is 0 Å². The average Bonchev–Trinajstić information content (AvgIpc) is 2.74. The zero-order valence-electron chi connectivity index (χ0n) is 18.5. The normalized spacial score (nSPS) is 11.1. The summed E-state index contributed by atoms with van der Waals surface area (Å²) in [6.07, 6.45) is 0. The van der Waals surface area contributed by atoms with E-state index < -0.39 is 52.6 Å². The number of ether oxygens (including phenoxy) is 3. The first-order valence-electron chi connectivity index (χ1n) is 9.76. The Morgan fingerprint density at radius 3 is 2.27 bits per heavy atom. The molecule has 178 valence electrons. The van der Waals surface area contributed by atoms with Gasteiger partial charge in [-0.2, -0.15) is 8.78 Å². The number of nitro benzene ring substituents is 1. The molecule has 0 aliphatic carbocycles. The van der Waals surface area contributed by atoms with Crippen molar-refractivity contribution in [2.75, 3.05) is 13.7 Å². The fraction of sp³-hybridized carbons (Fsp3) is 0.364. The van der Waals surface area contributed by atoms with Crippen molar-refractivity contribution in [2.45, 2.75) is 39.5 Å². The van der Waals surface area contributed by atoms with Crippen LogP contribution in [0.3, 0.4) is 0 Å². The van der Waals surface area contributed by atoms with Crippen molar-refractivity contribution in [3.63, 3.8) is 0 Å². The number of alkyl halides is 2. The Balaban J connectivity index is 2.24. The largest absolute Gasteiger partial charge is 0.493 e. The molecule has 0 bridgehead atoms. The highest BCUT2D eigenvalue weighted by Gasteiger charge is 2.30. The van der Waals surface area contributed by atoms with Gasteiger partial charge in [-0.25, -0.2) is 4.79 Å². The molecule has 2 aromatic rings. The number of rotatable bonds is 9. The summed E-state index contributed by atoms with van der Waals surface area (Å²) in [6.45, 7) is 1.75. The van der Waals surface area contributed by atoms with E-state index in [1.165, 1.54) is 4.90 Å². The summed E-state index contributed by atoms with van der Waals surface area (Å²) in [5.74, 6) is -2.66. The Hall–Kier alpha value is -3.76. The smallest absolute Gasteiger partial charge is 0.387 e. The number of nitro groups is 1. The molecule has 0 saturated carbocycles. The fourth-order valence-electron chi connectivity index (χ4n) is 2.96. The zero-order chi connectivity index (χ0) is 24.8. The van der Waals surface area contributed by atoms with Crippen LogP contribution >= 0.6 is 0 Å². The molecule has 0 aliphatic rings. The van der Waals surface area contributed by atoms with Gasteiger partial charge in [-0.05, 0) is 26.3 Å². The van der Waals surface area contributed by atoms with Crippen LogP contribution in [-0.2, 0) is 16.1 Å². The lowest BCUT2D eigenvalue weighted by atomic mass is 10.0. The topological polar surface area (TPSA) is 108 Å². The summed E-state index contributed by atoms with van der Waals surface area (Å²) in [5.41, 5.74) is -1.15. The van der Waals surface area contributed by atoms with E-state index in [-0.39, 0.29) is 12.3 Å². The van der Waals surface area contributed by atoms with Crippen LogP contribution in [0.4, 0.5) is 14.5 Å². The molecular formula is C22H24F2N2O7. The minimum Gasteiger partial charge on any atom is -0.493 e. The lowest BCUT2D eigenvalue weighted by Crippen LogP contribution is -2.46. The molecular weight excluding hydrogens is 442 g/mol. The van der Waals surface area contributed by atoms with Crippen LogP contribution < -0.4 is 9.47 Å². The van der Waals surface area contributed by atoms with E-state index in [1.54, 1.807) is 0 Å². The van der Waals surface area contributed by atoms with Crippen LogP contribution in [0.1, 0.15) is 36.7 Å². The maximum absolute atomic E-state index is 12.8. The van der Waals surface area contributed by atoms with Gasteiger partial charge in [-0.1, -0.05) is 30.3 Å². The van der Waals surface area contributed by atoms with Gasteiger partial charge < -0.3 is 19.1 Å². The standard InChI is InChI=1S/C22H24F2N2O7/c1-22(2,3)25(12-14-8-6-5-7-9-14)19(27)13-32-20(28)15-10-17(31-4)18(33-21(23)24)11-16(15)26(29)30/h5-11,21H,12-13H2,1-4H3. The van der Waals surface area contributed by atoms with Gasteiger partial charge in [0.1, 0.15) is 5.56 Å². The van der Waals surface area contributed by atoms with E-state index in [0.29, 0.717) is 6.07 Å². The van der Waals surface area contributed by atoms with Crippen molar-refractivity contribution >= 4 is 17.6 Å². The molecule has 0 fully saturated rings. The second-order valence-electron chi connectivity index (χ2n) is 7.87. The Morgan fingerprint density at radius 2 is 1.76 bits per heavy atom. The summed E-state index contributed by atoms with van der Waals surface area (Å²) in [6, 6.07) is 10.7. The van der Waals surface area contributed by atoms with Crippen molar-refractivity contribution in [1.82, 2.24) is 4.90 Å². The molecule has 0 aliphatic heterocycles. The molecule has 0 radical (unpaired) electrons. The minimum absolute atomic E-state index is 0.258. The SMILES string of the molecule is COc1cc(C(=O)OCC(=O)N(Cc2ccccc2)C(C)(C)C)c([N+](=O)[O-])cc1OC(F)F. The number of esters is 1. The highest BCUT2D eigenvalue weighted by molar-refractivity contribution is 5.96. The second-order valence-corrected chi connectivity index (χ2v) is 7.87. The van der Waals surface area contributed by atoms with E-state index in [4.69, 9.17) is 9.47 Å². The third kappa shape index (κ3) is 6.86. The monoisotopic (exact) mass is 466 g/mol. The van der Waals surface area contributed by atoms with E-state index in [9.17, 15) is 28.5 Å². The third-order valence-corrected chi connectivity index (χ3v) is 4.54. The molecule has 2 rings (SSSR count). The first-order valence-corrected chi connectivity index (χ1v) is 9.76. The van der Waals surface area contributed by atoms with Gasteiger partial charge in [-0.15, -0.1) is 0 Å². The number of nitrogens with zero attached hydrogens (tertiary/aromatic N) is 2. The molecule has 11 heteroatoms. The number of carbonyl (C=O) groups excluding carboxylic acids is 2. The molecule has 1 amide bonds. The van der Waals surface area contributed by atoms with Gasteiger partial charge in [0, 0.05) is 18.2 Å². The Bertz CT molecular complexity index is 1010. The molecule has 0 atom stereocenters. The predicted octanol–water partition coefficient (Wildman–Crippen LogP) is 4.19. The highest BCUT2D eigenvalue weighted by Crippen LogP contribution is 2.36. The third-order valence-electron chi connectivity index (χ3n) is 4.54. The van der Waals surface area contributed by atoms with Crippen LogP contribution in [0.25, 0.3) is 0 Å². The van der Waals surface area contributed by atoms with Gasteiger partial charge in [-0.3, -0.25) is 14.9 Å². The van der Waals surface area contributed by atoms with Gasteiger partial charge >= 0.3 is 12.6 Å². The van der Waals surface area contributed by atoms with E-state index in [1.807, 2.05) is 51.1 Å². The average molecular weight is 466 g/mol. The van der Waals surface area contributed by atoms with Gasteiger partial charge in [0.05, 0.1) is 18.1 Å². The van der Waals surface area contributed by atoms with E-state index in [2.05, 4.69) is 4.74 Å². The van der Waals surface area contributed by atoms with Gasteiger partial charge in [0.2, 0.25) is 0 Å². The number of methoxy groups -OCH3 is 1. The molecule has 0 spiro atoms. The molecule has 0 aromatic heterocycles. The zero-order valence-corrected chi connectivity index (χ0v) is 18.5. The predicted molar refractivity (Wildman–Crippen MR) is 113 cm³/mol.